The summed E-state index contributed by atoms with van der Waals surface area (Å²) in [5.41, 5.74) is 0. The normalized spacial score (nSPS) is 34.5. The van der Waals surface area contributed by atoms with E-state index in [2.05, 4.69) is 12.2 Å². The second-order valence-electron chi connectivity index (χ2n) is 5.84. The Morgan fingerprint density at radius 2 is 1.89 bits per heavy atom. The van der Waals surface area contributed by atoms with E-state index in [1.165, 1.54) is 19.3 Å². The molecule has 2 bridgehead atoms. The first kappa shape index (κ1) is 13.6. The van der Waals surface area contributed by atoms with Gasteiger partial charge in [0.15, 0.2) is 0 Å². The standard InChI is InChI=1S/C15H24O3/c16-10-14-12-8-7-11(9-12)13(14)5-3-1-2-4-6-15(17)18/h1,3,11-14,16H,2,4-10H2,(H,17,18)/b3-1-/t11-,12+,13+,14-/m1/s1. The third-order valence-electron chi connectivity index (χ3n) is 4.82. The number of allylic oxidation sites excluding steroid dienone is 2. The highest BCUT2D eigenvalue weighted by Gasteiger charge is 2.46. The number of carboxylic acid groups (broad SMARTS) is 1. The van der Waals surface area contributed by atoms with E-state index in [4.69, 9.17) is 5.11 Å². The van der Waals surface area contributed by atoms with E-state index < -0.39 is 5.97 Å². The van der Waals surface area contributed by atoms with Gasteiger partial charge in [0, 0.05) is 13.0 Å². The van der Waals surface area contributed by atoms with Crippen molar-refractivity contribution in [1.82, 2.24) is 0 Å². The van der Waals surface area contributed by atoms with Gasteiger partial charge >= 0.3 is 5.97 Å². The fraction of sp³-hybridized carbons (Fsp3) is 0.800. The maximum Gasteiger partial charge on any atom is 0.303 e. The molecule has 2 aliphatic carbocycles. The van der Waals surface area contributed by atoms with Crippen molar-refractivity contribution in [1.29, 1.82) is 0 Å². The van der Waals surface area contributed by atoms with Crippen molar-refractivity contribution in [3.8, 4) is 0 Å². The summed E-state index contributed by atoms with van der Waals surface area (Å²) in [5, 5.41) is 18.0. The average Bonchev–Trinajstić information content (AvgIpc) is 2.93. The molecule has 102 valence electrons. The van der Waals surface area contributed by atoms with Gasteiger partial charge in [0.05, 0.1) is 0 Å². The van der Waals surface area contributed by atoms with E-state index in [9.17, 15) is 9.90 Å². The van der Waals surface area contributed by atoms with Gasteiger partial charge in [-0.25, -0.2) is 0 Å². The Balaban J connectivity index is 1.69. The van der Waals surface area contributed by atoms with E-state index >= 15 is 0 Å². The van der Waals surface area contributed by atoms with Gasteiger partial charge in [0.2, 0.25) is 0 Å². The van der Waals surface area contributed by atoms with Gasteiger partial charge in [-0.1, -0.05) is 12.2 Å². The molecule has 0 amide bonds. The van der Waals surface area contributed by atoms with Crippen LogP contribution in [0.4, 0.5) is 0 Å². The number of aliphatic hydroxyl groups excluding tert-OH is 1. The van der Waals surface area contributed by atoms with E-state index in [0.29, 0.717) is 18.4 Å². The molecular formula is C15H24O3. The van der Waals surface area contributed by atoms with Crippen LogP contribution >= 0.6 is 0 Å². The fourth-order valence-electron chi connectivity index (χ4n) is 3.92. The van der Waals surface area contributed by atoms with Gasteiger partial charge in [-0.3, -0.25) is 4.79 Å². The van der Waals surface area contributed by atoms with Crippen molar-refractivity contribution in [3.05, 3.63) is 12.2 Å². The largest absolute Gasteiger partial charge is 0.481 e. The van der Waals surface area contributed by atoms with Crippen LogP contribution < -0.4 is 0 Å². The molecule has 18 heavy (non-hydrogen) atoms. The van der Waals surface area contributed by atoms with Gasteiger partial charge in [0.1, 0.15) is 0 Å². The second-order valence-corrected chi connectivity index (χ2v) is 5.84. The zero-order valence-electron chi connectivity index (χ0n) is 10.9. The highest BCUT2D eigenvalue weighted by atomic mass is 16.4. The van der Waals surface area contributed by atoms with E-state index in [-0.39, 0.29) is 6.42 Å². The summed E-state index contributed by atoms with van der Waals surface area (Å²) in [6.07, 6.45) is 11.2. The molecule has 0 aromatic carbocycles. The first-order chi connectivity index (χ1) is 8.72. The first-order valence-electron chi connectivity index (χ1n) is 7.20. The molecular weight excluding hydrogens is 228 g/mol. The van der Waals surface area contributed by atoms with E-state index in [1.807, 2.05) is 0 Å². The lowest BCUT2D eigenvalue weighted by molar-refractivity contribution is -0.137. The molecule has 0 saturated heterocycles. The maximum absolute atomic E-state index is 10.4. The van der Waals surface area contributed by atoms with Crippen molar-refractivity contribution in [2.75, 3.05) is 6.61 Å². The Labute approximate surface area is 109 Å². The summed E-state index contributed by atoms with van der Waals surface area (Å²) in [5.74, 6) is 2.08. The molecule has 2 N–H and O–H groups in total. The summed E-state index contributed by atoms with van der Waals surface area (Å²) in [6.45, 7) is 0.346. The van der Waals surface area contributed by atoms with Crippen molar-refractivity contribution in [2.24, 2.45) is 23.7 Å². The SMILES string of the molecule is O=C(O)CCC/C=C\C[C@H]1[C@@H]2CC[C@@H](C2)[C@H]1CO. The summed E-state index contributed by atoms with van der Waals surface area (Å²) in [6, 6.07) is 0. The lowest BCUT2D eigenvalue weighted by Gasteiger charge is -2.28. The highest BCUT2D eigenvalue weighted by molar-refractivity contribution is 5.66. The number of fused-ring (bicyclic) bond motifs is 2. The lowest BCUT2D eigenvalue weighted by Crippen LogP contribution is -2.24. The van der Waals surface area contributed by atoms with Crippen LogP contribution in [0.2, 0.25) is 0 Å². The van der Waals surface area contributed by atoms with Crippen LogP contribution in [0.3, 0.4) is 0 Å². The van der Waals surface area contributed by atoms with Crippen LogP contribution in [-0.2, 0) is 4.79 Å². The minimum atomic E-state index is -0.711. The Morgan fingerprint density at radius 3 is 2.56 bits per heavy atom. The molecule has 0 radical (unpaired) electrons. The van der Waals surface area contributed by atoms with Gasteiger partial charge in [-0.15, -0.1) is 0 Å². The smallest absolute Gasteiger partial charge is 0.303 e. The maximum atomic E-state index is 10.4. The van der Waals surface area contributed by atoms with Crippen LogP contribution in [0.25, 0.3) is 0 Å². The third kappa shape index (κ3) is 3.14. The van der Waals surface area contributed by atoms with Crippen LogP contribution in [0.15, 0.2) is 12.2 Å². The van der Waals surface area contributed by atoms with Crippen LogP contribution in [-0.4, -0.2) is 22.8 Å². The monoisotopic (exact) mass is 252 g/mol. The predicted molar refractivity (Wildman–Crippen MR) is 70.1 cm³/mol. The summed E-state index contributed by atoms with van der Waals surface area (Å²) in [4.78, 5) is 10.4. The Morgan fingerprint density at radius 1 is 1.17 bits per heavy atom. The first-order valence-corrected chi connectivity index (χ1v) is 7.20. The number of carbonyl (C=O) groups is 1. The molecule has 2 rings (SSSR count). The second kappa shape index (κ2) is 6.37. The number of hydrogen-bond donors (Lipinski definition) is 2. The molecule has 0 aromatic heterocycles. The van der Waals surface area contributed by atoms with Crippen molar-refractivity contribution in [2.45, 2.75) is 44.9 Å². The Bertz CT molecular complexity index is 311. The van der Waals surface area contributed by atoms with Crippen molar-refractivity contribution >= 4 is 5.97 Å². The molecule has 0 heterocycles. The van der Waals surface area contributed by atoms with Gasteiger partial charge < -0.3 is 10.2 Å². The summed E-state index contributed by atoms with van der Waals surface area (Å²) < 4.78 is 0. The number of unbranched alkanes of at least 4 members (excludes halogenated alkanes) is 1. The Kier molecular flexibility index (Phi) is 4.81. The fourth-order valence-corrected chi connectivity index (χ4v) is 3.92. The lowest BCUT2D eigenvalue weighted by atomic mass is 9.78. The molecule has 0 unspecified atom stereocenters. The quantitative estimate of drug-likeness (QED) is 0.541. The molecule has 0 aliphatic heterocycles. The van der Waals surface area contributed by atoms with Gasteiger partial charge in [0.25, 0.3) is 0 Å². The number of aliphatic carboxylic acids is 1. The molecule has 0 aromatic rings. The molecule has 3 nitrogen and oxygen atoms in total. The zero-order valence-corrected chi connectivity index (χ0v) is 10.9. The van der Waals surface area contributed by atoms with E-state index in [1.54, 1.807) is 0 Å². The van der Waals surface area contributed by atoms with Crippen LogP contribution in [0.1, 0.15) is 44.9 Å². The van der Waals surface area contributed by atoms with Crippen LogP contribution in [0, 0.1) is 23.7 Å². The van der Waals surface area contributed by atoms with Gasteiger partial charge in [-0.05, 0) is 62.2 Å². The topological polar surface area (TPSA) is 57.5 Å². The highest BCUT2D eigenvalue weighted by Crippen LogP contribution is 2.53. The molecule has 2 aliphatic rings. The zero-order chi connectivity index (χ0) is 13.0. The molecule has 4 atom stereocenters. The number of carboxylic acids is 1. The van der Waals surface area contributed by atoms with Crippen LogP contribution in [0.5, 0.6) is 0 Å². The number of rotatable bonds is 7. The Hall–Kier alpha value is -0.830. The molecule has 2 saturated carbocycles. The predicted octanol–water partition coefficient (Wildman–Crippen LogP) is 2.84. The summed E-state index contributed by atoms with van der Waals surface area (Å²) >= 11 is 0. The third-order valence-corrected chi connectivity index (χ3v) is 4.82. The van der Waals surface area contributed by atoms with Crippen molar-refractivity contribution < 1.29 is 15.0 Å². The summed E-state index contributed by atoms with van der Waals surface area (Å²) in [7, 11) is 0. The van der Waals surface area contributed by atoms with E-state index in [0.717, 1.165) is 31.1 Å². The molecule has 3 heteroatoms. The number of hydrogen-bond acceptors (Lipinski definition) is 2. The minimum Gasteiger partial charge on any atom is -0.481 e. The van der Waals surface area contributed by atoms with Crippen molar-refractivity contribution in [3.63, 3.8) is 0 Å². The molecule has 2 fully saturated rings. The average molecular weight is 252 g/mol. The molecule has 0 spiro atoms. The van der Waals surface area contributed by atoms with Gasteiger partial charge in [-0.2, -0.15) is 0 Å². The number of aliphatic hydroxyl groups is 1. The minimum absolute atomic E-state index is 0.262.